The highest BCUT2D eigenvalue weighted by molar-refractivity contribution is 8.03. The summed E-state index contributed by atoms with van der Waals surface area (Å²) in [6, 6.07) is 0. The maximum Gasteiger partial charge on any atom is 0.460 e. The molecule has 33 heteroatoms. The minimum absolute atomic E-state index is 0.656. The molecule has 0 unspecified atom stereocenters. The molecule has 0 aliphatic carbocycles. The van der Waals surface area contributed by atoms with Gasteiger partial charge < -0.3 is 0 Å². The third-order valence-electron chi connectivity index (χ3n) is 6.13. The average Bonchev–Trinajstić information content (AvgIpc) is 2.90. The van der Waals surface area contributed by atoms with Crippen molar-refractivity contribution in [1.29, 1.82) is 5.26 Å². The summed E-state index contributed by atoms with van der Waals surface area (Å²) in [6.45, 7) is 0. The van der Waals surface area contributed by atoms with Crippen LogP contribution in [0.25, 0.3) is 0 Å². The van der Waals surface area contributed by atoms with E-state index in [-0.39, 0.29) is 0 Å². The second-order valence-electron chi connectivity index (χ2n) is 9.36. The number of alkyl halides is 31. The van der Waals surface area contributed by atoms with Gasteiger partial charge in [-0.25, -0.2) is 0 Å². The topological polar surface area (TPSA) is 23.8 Å². The van der Waals surface area contributed by atoms with Gasteiger partial charge in [0.1, 0.15) is 5.40 Å². The van der Waals surface area contributed by atoms with E-state index < -0.39 is 113 Å². The Labute approximate surface area is 261 Å². The van der Waals surface area contributed by atoms with Crippen LogP contribution < -0.4 is 0 Å². The van der Waals surface area contributed by atoms with Gasteiger partial charge >= 0.3 is 89.1 Å². The van der Waals surface area contributed by atoms with Crippen molar-refractivity contribution in [3.05, 3.63) is 0 Å². The number of nitriles is 1. The van der Waals surface area contributed by atoms with E-state index in [1.54, 1.807) is 0 Å². The third kappa shape index (κ3) is 5.91. The van der Waals surface area contributed by atoms with Crippen LogP contribution in [-0.2, 0) is 0 Å². The molecule has 0 rings (SSSR count). The molecule has 0 heterocycles. The van der Waals surface area contributed by atoms with Gasteiger partial charge in [0.2, 0.25) is 0 Å². The van der Waals surface area contributed by atoms with E-state index in [9.17, 15) is 136 Å². The Bertz CT molecular complexity index is 1300. The lowest BCUT2D eigenvalue weighted by atomic mass is 9.83. The first-order valence-corrected chi connectivity index (χ1v) is 11.9. The SMILES string of the molecule is N#CSCCC(F)(F)C(F)(F)C(F)(F)C(F)(F)C(F)(F)C(F)(F)C(F)(F)C(F)(F)C(F)(F)C(F)(F)C(F)(F)C(F)(F)C(F)(F)C(F)(F)C(F)(F)F. The zero-order valence-corrected chi connectivity index (χ0v) is 22.8. The molecule has 0 fully saturated rings. The van der Waals surface area contributed by atoms with Crippen molar-refractivity contribution in [3.63, 3.8) is 0 Å². The highest BCUT2D eigenvalue weighted by Crippen LogP contribution is 2.69. The van der Waals surface area contributed by atoms with Crippen molar-refractivity contribution in [2.24, 2.45) is 0 Å². The lowest BCUT2D eigenvalue weighted by Crippen LogP contribution is -2.79. The van der Waals surface area contributed by atoms with E-state index in [1.807, 2.05) is 0 Å². The fourth-order valence-corrected chi connectivity index (χ4v) is 3.41. The van der Waals surface area contributed by atoms with Crippen LogP contribution in [0.4, 0.5) is 136 Å². The van der Waals surface area contributed by atoms with Crippen molar-refractivity contribution in [2.45, 2.75) is 95.5 Å². The lowest BCUT2D eigenvalue weighted by Gasteiger charge is -2.46. The molecule has 0 bridgehead atoms. The number of thioether (sulfide) groups is 1. The Balaban J connectivity index is 7.57. The van der Waals surface area contributed by atoms with Gasteiger partial charge in [-0.3, -0.25) is 0 Å². The van der Waals surface area contributed by atoms with Gasteiger partial charge in [-0.2, -0.15) is 141 Å². The van der Waals surface area contributed by atoms with Crippen molar-refractivity contribution < 1.29 is 136 Å². The summed E-state index contributed by atoms with van der Waals surface area (Å²) >= 11 is -0.656. The van der Waals surface area contributed by atoms with Crippen LogP contribution in [0.1, 0.15) is 6.42 Å². The van der Waals surface area contributed by atoms with E-state index in [4.69, 9.17) is 5.26 Å². The van der Waals surface area contributed by atoms with Crippen LogP contribution in [0.5, 0.6) is 0 Å². The average molecular weight is 855 g/mol. The molecule has 0 radical (unpaired) electrons. The molecule has 0 aromatic rings. The van der Waals surface area contributed by atoms with Gasteiger partial charge in [-0.1, -0.05) is 0 Å². The lowest BCUT2D eigenvalue weighted by molar-refractivity contribution is -0.489. The van der Waals surface area contributed by atoms with Crippen LogP contribution >= 0.6 is 11.8 Å². The summed E-state index contributed by atoms with van der Waals surface area (Å²) in [5, 5.41) is 8.70. The Kier molecular flexibility index (Phi) is 11.8. The third-order valence-corrected chi connectivity index (χ3v) is 6.67. The Morgan fingerprint density at radius 1 is 0.294 bits per heavy atom. The molecular weight excluding hydrogens is 851 g/mol. The Morgan fingerprint density at radius 2 is 0.471 bits per heavy atom. The summed E-state index contributed by atoms with van der Waals surface area (Å²) in [5.74, 6) is -133. The van der Waals surface area contributed by atoms with Crippen LogP contribution in [0.3, 0.4) is 0 Å². The van der Waals surface area contributed by atoms with E-state index in [1.165, 1.54) is 0 Å². The van der Waals surface area contributed by atoms with E-state index in [0.29, 0.717) is 5.40 Å². The highest BCUT2D eigenvalue weighted by Gasteiger charge is 3.01. The largest absolute Gasteiger partial charge is 0.460 e. The monoisotopic (exact) mass is 855 g/mol. The van der Waals surface area contributed by atoms with E-state index in [2.05, 4.69) is 0 Å². The maximum atomic E-state index is 13.8. The first-order valence-electron chi connectivity index (χ1n) is 10.9. The first kappa shape index (κ1) is 48.7. The molecule has 0 aliphatic rings. The van der Waals surface area contributed by atoms with Gasteiger partial charge in [0, 0.05) is 12.2 Å². The summed E-state index contributed by atoms with van der Waals surface area (Å²) in [4.78, 5) is 0. The molecular formula is C18H4F31NS. The molecule has 304 valence electrons. The standard InChI is InChI=1S/C18H4F31NS/c19-4(20,1-2-51-3-50)5(21,22)6(23,24)7(25,26)8(27,28)9(29,30)10(31,32)11(33,34)12(35,36)13(37,38)14(39,40)15(41,42)16(43,44)17(45,46)18(47,48)49/h1-2H2. The second-order valence-corrected chi connectivity index (χ2v) is 10.2. The van der Waals surface area contributed by atoms with Gasteiger partial charge in [0.05, 0.1) is 0 Å². The van der Waals surface area contributed by atoms with E-state index in [0.717, 1.165) is 0 Å². The number of halogens is 31. The molecule has 0 aliphatic heterocycles. The Morgan fingerprint density at radius 3 is 0.647 bits per heavy atom. The number of rotatable bonds is 16. The molecule has 0 amide bonds. The molecule has 51 heavy (non-hydrogen) atoms. The quantitative estimate of drug-likeness (QED) is 0.0877. The van der Waals surface area contributed by atoms with Crippen molar-refractivity contribution >= 4 is 11.8 Å². The zero-order valence-electron chi connectivity index (χ0n) is 22.0. The van der Waals surface area contributed by atoms with Crippen molar-refractivity contribution in [2.75, 3.05) is 5.75 Å². The zero-order chi connectivity index (χ0) is 42.3. The minimum Gasteiger partial charge on any atom is -0.200 e. The maximum absolute atomic E-state index is 13.8. The predicted octanol–water partition coefficient (Wildman–Crippen LogP) is 11.0. The summed E-state index contributed by atoms with van der Waals surface area (Å²) in [6.07, 6.45) is -11.4. The van der Waals surface area contributed by atoms with Gasteiger partial charge in [-0.05, 0) is 11.8 Å². The van der Waals surface area contributed by atoms with Crippen molar-refractivity contribution in [3.8, 4) is 5.40 Å². The number of thiocyanates is 1. The molecule has 0 N–H and O–H groups in total. The predicted molar refractivity (Wildman–Crippen MR) is 98.0 cm³/mol. The van der Waals surface area contributed by atoms with Gasteiger partial charge in [-0.15, -0.1) is 0 Å². The second kappa shape index (κ2) is 12.4. The summed E-state index contributed by atoms with van der Waals surface area (Å²) in [5.41, 5.74) is 0. The van der Waals surface area contributed by atoms with Crippen LogP contribution in [-0.4, -0.2) is 94.8 Å². The molecule has 0 saturated heterocycles. The van der Waals surface area contributed by atoms with E-state index >= 15 is 0 Å². The summed E-state index contributed by atoms with van der Waals surface area (Å²) < 4.78 is 417. The van der Waals surface area contributed by atoms with Crippen LogP contribution in [0.2, 0.25) is 0 Å². The molecule has 0 saturated carbocycles. The molecule has 1 nitrogen and oxygen atoms in total. The first-order chi connectivity index (χ1) is 21.6. The van der Waals surface area contributed by atoms with Crippen molar-refractivity contribution in [1.82, 2.24) is 0 Å². The molecule has 0 spiro atoms. The fraction of sp³-hybridized carbons (Fsp3) is 0.944. The number of hydrogen-bond acceptors (Lipinski definition) is 2. The number of hydrogen-bond donors (Lipinski definition) is 0. The fourth-order valence-electron chi connectivity index (χ4n) is 2.96. The van der Waals surface area contributed by atoms with Crippen LogP contribution in [0.15, 0.2) is 0 Å². The highest BCUT2D eigenvalue weighted by atomic mass is 32.2. The molecule has 0 aromatic carbocycles. The number of nitrogens with zero attached hydrogens (tertiary/aromatic N) is 1. The smallest absolute Gasteiger partial charge is 0.200 e. The van der Waals surface area contributed by atoms with Crippen LogP contribution in [0, 0.1) is 10.7 Å². The minimum atomic E-state index is -10.1. The molecule has 0 aromatic heterocycles. The van der Waals surface area contributed by atoms with Gasteiger partial charge in [0.15, 0.2) is 0 Å². The Hall–Kier alpha value is -2.33. The van der Waals surface area contributed by atoms with Gasteiger partial charge in [0.25, 0.3) is 0 Å². The normalized spacial score (nSPS) is 16.7. The summed E-state index contributed by atoms with van der Waals surface area (Å²) in [7, 11) is 0. The molecule has 0 atom stereocenters.